The highest BCUT2D eigenvalue weighted by Crippen LogP contribution is 2.35. The first-order chi connectivity index (χ1) is 12.0. The van der Waals surface area contributed by atoms with Gasteiger partial charge in [-0.15, -0.1) is 0 Å². The molecule has 0 amide bonds. The first kappa shape index (κ1) is 20.3. The van der Waals surface area contributed by atoms with E-state index in [0.717, 1.165) is 12.9 Å². The van der Waals surface area contributed by atoms with E-state index in [0.29, 0.717) is 4.90 Å². The predicted octanol–water partition coefficient (Wildman–Crippen LogP) is 5.56. The number of hydrogen-bond acceptors (Lipinski definition) is 5. The molecular weight excluding hydrogens is 519 g/mol. The molecular formula is C18H16BrIO4S. The molecule has 0 aliphatic carbocycles. The zero-order chi connectivity index (χ0) is 18.4. The number of esters is 2. The van der Waals surface area contributed by atoms with Crippen LogP contribution in [0, 0.1) is 3.57 Å². The van der Waals surface area contributed by atoms with Gasteiger partial charge < -0.3 is 9.47 Å². The Morgan fingerprint density at radius 2 is 1.64 bits per heavy atom. The molecule has 25 heavy (non-hydrogen) atoms. The van der Waals surface area contributed by atoms with Gasteiger partial charge in [-0.2, -0.15) is 0 Å². The molecule has 132 valence electrons. The van der Waals surface area contributed by atoms with Crippen molar-refractivity contribution in [2.24, 2.45) is 0 Å². The monoisotopic (exact) mass is 534 g/mol. The van der Waals surface area contributed by atoms with Crippen LogP contribution in [0.4, 0.5) is 0 Å². The van der Waals surface area contributed by atoms with Crippen molar-refractivity contribution in [3.8, 4) is 0 Å². The number of rotatable bonds is 6. The van der Waals surface area contributed by atoms with Crippen LogP contribution < -0.4 is 0 Å². The van der Waals surface area contributed by atoms with Crippen LogP contribution in [0.3, 0.4) is 0 Å². The van der Waals surface area contributed by atoms with E-state index in [1.165, 1.54) is 11.8 Å². The van der Waals surface area contributed by atoms with E-state index in [2.05, 4.69) is 38.5 Å². The summed E-state index contributed by atoms with van der Waals surface area (Å²) in [4.78, 5) is 26.4. The fourth-order valence-corrected chi connectivity index (χ4v) is 4.18. The summed E-state index contributed by atoms with van der Waals surface area (Å²) < 4.78 is 12.1. The van der Waals surface area contributed by atoms with Crippen molar-refractivity contribution in [3.63, 3.8) is 0 Å². The first-order valence-electron chi connectivity index (χ1n) is 7.57. The Hall–Kier alpha value is -1.06. The third-order valence-corrected chi connectivity index (χ3v) is 5.28. The van der Waals surface area contributed by atoms with Gasteiger partial charge in [0.1, 0.15) is 0 Å². The van der Waals surface area contributed by atoms with Crippen LogP contribution in [0.1, 0.15) is 34.6 Å². The predicted molar refractivity (Wildman–Crippen MR) is 109 cm³/mol. The number of halogens is 2. The van der Waals surface area contributed by atoms with Crippen molar-refractivity contribution in [2.75, 3.05) is 13.2 Å². The van der Waals surface area contributed by atoms with Crippen LogP contribution in [-0.2, 0) is 9.47 Å². The lowest BCUT2D eigenvalue weighted by molar-refractivity contribution is 0.0475. The minimum Gasteiger partial charge on any atom is -0.462 e. The first-order valence-corrected chi connectivity index (χ1v) is 10.3. The summed E-state index contributed by atoms with van der Waals surface area (Å²) in [5.74, 6) is -1.05. The zero-order valence-corrected chi connectivity index (χ0v) is 18.2. The van der Waals surface area contributed by atoms with Gasteiger partial charge in [0.25, 0.3) is 0 Å². The minimum atomic E-state index is -0.526. The maximum Gasteiger partial charge on any atom is 0.340 e. The Balaban J connectivity index is 2.53. The molecule has 2 aromatic rings. The summed E-state index contributed by atoms with van der Waals surface area (Å²) in [6, 6.07) is 11.2. The van der Waals surface area contributed by atoms with Crippen molar-refractivity contribution in [1.82, 2.24) is 0 Å². The van der Waals surface area contributed by atoms with Gasteiger partial charge in [0.2, 0.25) is 0 Å². The number of hydrogen-bond donors (Lipinski definition) is 0. The van der Waals surface area contributed by atoms with Crippen molar-refractivity contribution in [2.45, 2.75) is 23.6 Å². The van der Waals surface area contributed by atoms with Gasteiger partial charge in [-0.3, -0.25) is 0 Å². The summed E-state index contributed by atoms with van der Waals surface area (Å²) >= 11 is 6.93. The molecule has 2 rings (SSSR count). The van der Waals surface area contributed by atoms with E-state index >= 15 is 0 Å². The fraction of sp³-hybridized carbons (Fsp3) is 0.222. The van der Waals surface area contributed by atoms with Crippen molar-refractivity contribution in [1.29, 1.82) is 0 Å². The molecule has 0 unspecified atom stereocenters. The molecule has 0 saturated heterocycles. The highest BCUT2D eigenvalue weighted by atomic mass is 127. The van der Waals surface area contributed by atoms with Gasteiger partial charge in [0.05, 0.1) is 24.3 Å². The van der Waals surface area contributed by atoms with E-state index in [1.807, 2.05) is 30.3 Å². The maximum absolute atomic E-state index is 12.5. The van der Waals surface area contributed by atoms with Crippen LogP contribution in [0.2, 0.25) is 0 Å². The van der Waals surface area contributed by atoms with Gasteiger partial charge in [0, 0.05) is 17.8 Å². The SMILES string of the molecule is CCOC(=O)c1cc(I)cc(Sc2ccc(Br)cc2)c1C(=O)OCC. The number of carbonyl (C=O) groups excluding carboxylic acids is 2. The average molecular weight is 535 g/mol. The van der Waals surface area contributed by atoms with Crippen LogP contribution >= 0.6 is 50.3 Å². The van der Waals surface area contributed by atoms with Gasteiger partial charge >= 0.3 is 11.9 Å². The van der Waals surface area contributed by atoms with E-state index in [1.54, 1.807) is 19.9 Å². The second kappa shape index (κ2) is 9.59. The second-order valence-electron chi connectivity index (χ2n) is 4.82. The van der Waals surface area contributed by atoms with E-state index in [4.69, 9.17) is 9.47 Å². The molecule has 2 aromatic carbocycles. The number of carbonyl (C=O) groups is 2. The summed E-state index contributed by atoms with van der Waals surface area (Å²) in [5, 5.41) is 0. The smallest absolute Gasteiger partial charge is 0.340 e. The van der Waals surface area contributed by atoms with Gasteiger partial charge in [-0.05, 0) is 72.8 Å². The fourth-order valence-electron chi connectivity index (χ4n) is 2.08. The van der Waals surface area contributed by atoms with Crippen LogP contribution in [-0.4, -0.2) is 25.2 Å². The highest BCUT2D eigenvalue weighted by Gasteiger charge is 2.24. The Morgan fingerprint density at radius 1 is 1.04 bits per heavy atom. The Morgan fingerprint density at radius 3 is 2.24 bits per heavy atom. The molecule has 4 nitrogen and oxygen atoms in total. The van der Waals surface area contributed by atoms with E-state index in [9.17, 15) is 9.59 Å². The summed E-state index contributed by atoms with van der Waals surface area (Å²) in [6.45, 7) is 3.93. The quantitative estimate of drug-likeness (QED) is 0.359. The third kappa shape index (κ3) is 5.46. The summed E-state index contributed by atoms with van der Waals surface area (Å²) in [6.07, 6.45) is 0. The van der Waals surface area contributed by atoms with Crippen LogP contribution in [0.5, 0.6) is 0 Å². The molecule has 0 fully saturated rings. The topological polar surface area (TPSA) is 52.6 Å². The average Bonchev–Trinajstić information content (AvgIpc) is 2.56. The third-order valence-electron chi connectivity index (χ3n) is 3.08. The van der Waals surface area contributed by atoms with Gasteiger partial charge in [-0.1, -0.05) is 27.7 Å². The lowest BCUT2D eigenvalue weighted by Crippen LogP contribution is -2.15. The lowest BCUT2D eigenvalue weighted by Gasteiger charge is -2.14. The van der Waals surface area contributed by atoms with E-state index in [-0.39, 0.29) is 24.3 Å². The molecule has 0 saturated carbocycles. The second-order valence-corrected chi connectivity index (χ2v) is 8.10. The Labute approximate surface area is 172 Å². The molecule has 0 N–H and O–H groups in total. The molecule has 0 heterocycles. The van der Waals surface area contributed by atoms with Crippen LogP contribution in [0.15, 0.2) is 50.7 Å². The van der Waals surface area contributed by atoms with Crippen molar-refractivity contribution >= 4 is 62.2 Å². The molecule has 0 atom stereocenters. The Kier molecular flexibility index (Phi) is 7.77. The standard InChI is InChI=1S/C18H16BrIO4S/c1-3-23-17(21)14-9-12(20)10-15(16(14)18(22)24-4-2)25-13-7-5-11(19)6-8-13/h5-10H,3-4H2,1-2H3. The molecule has 0 aliphatic heterocycles. The number of benzene rings is 2. The summed E-state index contributed by atoms with van der Waals surface area (Å²) in [7, 11) is 0. The zero-order valence-electron chi connectivity index (χ0n) is 13.7. The number of ether oxygens (including phenoxy) is 2. The molecule has 0 spiro atoms. The Bertz CT molecular complexity index is 777. The van der Waals surface area contributed by atoms with Crippen molar-refractivity contribution < 1.29 is 19.1 Å². The maximum atomic E-state index is 12.5. The van der Waals surface area contributed by atoms with Crippen molar-refractivity contribution in [3.05, 3.63) is 55.6 Å². The molecule has 7 heteroatoms. The van der Waals surface area contributed by atoms with E-state index < -0.39 is 11.9 Å². The molecule has 0 radical (unpaired) electrons. The summed E-state index contributed by atoms with van der Waals surface area (Å²) in [5.41, 5.74) is 0.473. The van der Waals surface area contributed by atoms with Gasteiger partial charge in [0.15, 0.2) is 0 Å². The lowest BCUT2D eigenvalue weighted by atomic mass is 10.1. The highest BCUT2D eigenvalue weighted by molar-refractivity contribution is 14.1. The normalized spacial score (nSPS) is 10.4. The largest absolute Gasteiger partial charge is 0.462 e. The van der Waals surface area contributed by atoms with Gasteiger partial charge in [-0.25, -0.2) is 9.59 Å². The molecule has 0 bridgehead atoms. The minimum absolute atomic E-state index is 0.229. The molecule has 0 aromatic heterocycles. The molecule has 0 aliphatic rings. The van der Waals surface area contributed by atoms with Crippen LogP contribution in [0.25, 0.3) is 0 Å².